The average Bonchev–Trinajstić information content (AvgIpc) is 2.28. The summed E-state index contributed by atoms with van der Waals surface area (Å²) in [5.74, 6) is -3.14. The Morgan fingerprint density at radius 1 is 1.44 bits per heavy atom. The molecule has 0 aliphatic rings. The molecule has 96 valence electrons. The summed E-state index contributed by atoms with van der Waals surface area (Å²) < 4.78 is 41.7. The molecule has 2 N–H and O–H groups in total. The molecule has 0 saturated carbocycles. The minimum Gasteiger partial charge on any atom is -0.491 e. The highest BCUT2D eigenvalue weighted by Crippen LogP contribution is 2.27. The maximum absolute atomic E-state index is 12.3. The molecule has 18 heavy (non-hydrogen) atoms. The van der Waals surface area contributed by atoms with Gasteiger partial charge in [0.1, 0.15) is 12.4 Å². The first-order valence-electron chi connectivity index (χ1n) is 4.84. The fraction of sp³-hybridized carbons (Fsp3) is 0.273. The number of nitriles is 1. The van der Waals surface area contributed by atoms with Crippen LogP contribution in [0.4, 0.5) is 13.2 Å². The number of para-hydroxylation sites is 1. The molecule has 1 atom stereocenters. The predicted molar refractivity (Wildman–Crippen MR) is 55.6 cm³/mol. The van der Waals surface area contributed by atoms with Crippen molar-refractivity contribution in [3.8, 4) is 11.8 Å². The first-order valence-corrected chi connectivity index (χ1v) is 4.84. The van der Waals surface area contributed by atoms with E-state index in [0.29, 0.717) is 0 Å². The van der Waals surface area contributed by atoms with Crippen molar-refractivity contribution in [3.05, 3.63) is 29.8 Å². The molecular weight excluding hydrogens is 249 g/mol. The SMILES string of the molecule is N#CC(COc1ccccc1C(N)=O)C(F)(F)F. The number of hydrogen-bond donors (Lipinski definition) is 1. The van der Waals surface area contributed by atoms with E-state index in [-0.39, 0.29) is 11.3 Å². The molecule has 4 nitrogen and oxygen atoms in total. The third kappa shape index (κ3) is 3.38. The Bertz CT molecular complexity index is 480. The van der Waals surface area contributed by atoms with Gasteiger partial charge in [-0.2, -0.15) is 18.4 Å². The van der Waals surface area contributed by atoms with Gasteiger partial charge in [0.25, 0.3) is 5.91 Å². The summed E-state index contributed by atoms with van der Waals surface area (Å²) in [7, 11) is 0. The first-order chi connectivity index (χ1) is 8.36. The van der Waals surface area contributed by atoms with Crippen molar-refractivity contribution in [1.29, 1.82) is 5.26 Å². The molecule has 0 spiro atoms. The van der Waals surface area contributed by atoms with Gasteiger partial charge in [-0.1, -0.05) is 12.1 Å². The third-order valence-electron chi connectivity index (χ3n) is 2.11. The highest BCUT2D eigenvalue weighted by atomic mass is 19.4. The number of alkyl halides is 3. The van der Waals surface area contributed by atoms with Crippen LogP contribution in [0.2, 0.25) is 0 Å². The fourth-order valence-corrected chi connectivity index (χ4v) is 1.17. The molecule has 0 heterocycles. The lowest BCUT2D eigenvalue weighted by Crippen LogP contribution is -2.27. The number of nitrogens with two attached hydrogens (primary N) is 1. The van der Waals surface area contributed by atoms with Crippen molar-refractivity contribution < 1.29 is 22.7 Å². The van der Waals surface area contributed by atoms with Gasteiger partial charge in [-0.3, -0.25) is 4.79 Å². The molecule has 0 aliphatic heterocycles. The lowest BCUT2D eigenvalue weighted by atomic mass is 10.1. The van der Waals surface area contributed by atoms with E-state index in [0.717, 1.165) is 6.07 Å². The topological polar surface area (TPSA) is 76.1 Å². The second kappa shape index (κ2) is 5.40. The lowest BCUT2D eigenvalue weighted by Gasteiger charge is -2.15. The van der Waals surface area contributed by atoms with Gasteiger partial charge in [-0.05, 0) is 12.1 Å². The van der Waals surface area contributed by atoms with E-state index in [1.807, 2.05) is 0 Å². The molecule has 1 aromatic carbocycles. The molecule has 1 rings (SSSR count). The molecule has 0 saturated heterocycles. The van der Waals surface area contributed by atoms with Crippen LogP contribution in [0.25, 0.3) is 0 Å². The monoisotopic (exact) mass is 258 g/mol. The normalized spacial score (nSPS) is 12.6. The molecule has 7 heteroatoms. The second-order valence-corrected chi connectivity index (χ2v) is 3.39. The summed E-state index contributed by atoms with van der Waals surface area (Å²) >= 11 is 0. The van der Waals surface area contributed by atoms with Crippen LogP contribution in [0, 0.1) is 17.2 Å². The number of ether oxygens (including phenoxy) is 1. The second-order valence-electron chi connectivity index (χ2n) is 3.39. The standard InChI is InChI=1S/C11H9F3N2O2/c12-11(13,14)7(5-15)6-18-9-4-2-1-3-8(9)10(16)17/h1-4,7H,6H2,(H2,16,17). The van der Waals surface area contributed by atoms with Crippen LogP contribution >= 0.6 is 0 Å². The summed E-state index contributed by atoms with van der Waals surface area (Å²) in [6.45, 7) is -0.885. The molecule has 1 unspecified atom stereocenters. The van der Waals surface area contributed by atoms with E-state index in [1.54, 1.807) is 0 Å². The largest absolute Gasteiger partial charge is 0.491 e. The maximum Gasteiger partial charge on any atom is 0.407 e. The number of carbonyl (C=O) groups is 1. The van der Waals surface area contributed by atoms with Crippen LogP contribution in [0.3, 0.4) is 0 Å². The zero-order chi connectivity index (χ0) is 13.8. The fourth-order valence-electron chi connectivity index (χ4n) is 1.17. The summed E-state index contributed by atoms with van der Waals surface area (Å²) in [6, 6.07) is 6.71. The Kier molecular flexibility index (Phi) is 4.15. The van der Waals surface area contributed by atoms with E-state index in [1.165, 1.54) is 24.3 Å². The van der Waals surface area contributed by atoms with E-state index in [4.69, 9.17) is 15.7 Å². The van der Waals surface area contributed by atoms with E-state index in [2.05, 4.69) is 0 Å². The quantitative estimate of drug-likeness (QED) is 0.895. The molecule has 0 bridgehead atoms. The van der Waals surface area contributed by atoms with E-state index in [9.17, 15) is 18.0 Å². The van der Waals surface area contributed by atoms with Gasteiger partial charge in [0, 0.05) is 0 Å². The Labute approximate surface area is 101 Å². The van der Waals surface area contributed by atoms with Crippen LogP contribution in [-0.2, 0) is 0 Å². The summed E-state index contributed by atoms with van der Waals surface area (Å²) in [6.07, 6.45) is -4.67. The van der Waals surface area contributed by atoms with Gasteiger partial charge in [-0.25, -0.2) is 0 Å². The van der Waals surface area contributed by atoms with Gasteiger partial charge in [0.05, 0.1) is 11.6 Å². The Hall–Kier alpha value is -2.23. The minimum absolute atomic E-state index is 0.0311. The van der Waals surface area contributed by atoms with Crippen LogP contribution in [-0.4, -0.2) is 18.7 Å². The molecule has 0 radical (unpaired) electrons. The predicted octanol–water partition coefficient (Wildman–Crippen LogP) is 1.87. The average molecular weight is 258 g/mol. The number of rotatable bonds is 4. The zero-order valence-corrected chi connectivity index (χ0v) is 9.07. The zero-order valence-electron chi connectivity index (χ0n) is 9.07. The minimum atomic E-state index is -4.67. The van der Waals surface area contributed by atoms with Crippen molar-refractivity contribution in [2.75, 3.05) is 6.61 Å². The van der Waals surface area contributed by atoms with Gasteiger partial charge in [0.15, 0.2) is 5.92 Å². The van der Waals surface area contributed by atoms with Crippen LogP contribution in [0.15, 0.2) is 24.3 Å². The van der Waals surface area contributed by atoms with Gasteiger partial charge in [-0.15, -0.1) is 0 Å². The van der Waals surface area contributed by atoms with Crippen molar-refractivity contribution in [1.82, 2.24) is 0 Å². The number of benzene rings is 1. The molecule has 0 aliphatic carbocycles. The highest BCUT2D eigenvalue weighted by Gasteiger charge is 2.40. The number of nitrogens with zero attached hydrogens (tertiary/aromatic N) is 1. The van der Waals surface area contributed by atoms with E-state index >= 15 is 0 Å². The van der Waals surface area contributed by atoms with Crippen molar-refractivity contribution >= 4 is 5.91 Å². The molecule has 1 aromatic rings. The summed E-state index contributed by atoms with van der Waals surface area (Å²) in [4.78, 5) is 11.0. The lowest BCUT2D eigenvalue weighted by molar-refractivity contribution is -0.165. The summed E-state index contributed by atoms with van der Waals surface area (Å²) in [5, 5.41) is 8.38. The Morgan fingerprint density at radius 3 is 2.56 bits per heavy atom. The van der Waals surface area contributed by atoms with Crippen molar-refractivity contribution in [2.24, 2.45) is 11.7 Å². The van der Waals surface area contributed by atoms with Crippen LogP contribution in [0.5, 0.6) is 5.75 Å². The van der Waals surface area contributed by atoms with Gasteiger partial charge in [0.2, 0.25) is 0 Å². The summed E-state index contributed by atoms with van der Waals surface area (Å²) in [5.41, 5.74) is 5.00. The number of amides is 1. The number of carbonyl (C=O) groups excluding carboxylic acids is 1. The smallest absolute Gasteiger partial charge is 0.407 e. The van der Waals surface area contributed by atoms with Crippen LogP contribution in [0.1, 0.15) is 10.4 Å². The first kappa shape index (κ1) is 13.8. The number of hydrogen-bond acceptors (Lipinski definition) is 3. The van der Waals surface area contributed by atoms with Crippen molar-refractivity contribution in [2.45, 2.75) is 6.18 Å². The Balaban J connectivity index is 2.81. The highest BCUT2D eigenvalue weighted by molar-refractivity contribution is 5.95. The third-order valence-corrected chi connectivity index (χ3v) is 2.11. The van der Waals surface area contributed by atoms with Crippen LogP contribution < -0.4 is 10.5 Å². The number of primary amides is 1. The molecule has 1 amide bonds. The molecular formula is C11H9F3N2O2. The molecule has 0 fully saturated rings. The number of halogens is 3. The molecule has 0 aromatic heterocycles. The van der Waals surface area contributed by atoms with Crippen molar-refractivity contribution in [3.63, 3.8) is 0 Å². The Morgan fingerprint density at radius 2 is 2.06 bits per heavy atom. The van der Waals surface area contributed by atoms with Gasteiger partial charge < -0.3 is 10.5 Å². The van der Waals surface area contributed by atoms with E-state index < -0.39 is 24.6 Å². The van der Waals surface area contributed by atoms with Gasteiger partial charge >= 0.3 is 6.18 Å². The maximum atomic E-state index is 12.3.